The maximum Gasteiger partial charge on any atom is 0.269 e. The van der Waals surface area contributed by atoms with Gasteiger partial charge in [0.05, 0.1) is 15.9 Å². The van der Waals surface area contributed by atoms with E-state index in [1.54, 1.807) is 24.3 Å². The highest BCUT2D eigenvalue weighted by Gasteiger charge is 2.23. The lowest BCUT2D eigenvalue weighted by atomic mass is 10.00. The van der Waals surface area contributed by atoms with E-state index in [-0.39, 0.29) is 10.6 Å². The summed E-state index contributed by atoms with van der Waals surface area (Å²) >= 11 is 5.94. The predicted molar refractivity (Wildman–Crippen MR) is 103 cm³/mol. The molecule has 8 heteroatoms. The first-order valence-electron chi connectivity index (χ1n) is 7.94. The highest BCUT2D eigenvalue weighted by atomic mass is 35.5. The Bertz CT molecular complexity index is 1040. The second kappa shape index (κ2) is 7.87. The quantitative estimate of drug-likeness (QED) is 0.491. The van der Waals surface area contributed by atoms with Gasteiger partial charge in [0.25, 0.3) is 5.69 Å². The lowest BCUT2D eigenvalue weighted by molar-refractivity contribution is -0.384. The normalized spacial score (nSPS) is 12.5. The number of hydrogen-bond acceptors (Lipinski definition) is 4. The molecule has 1 N–H and O–H groups in total. The Morgan fingerprint density at radius 3 is 1.96 bits per heavy atom. The first-order chi connectivity index (χ1) is 12.9. The van der Waals surface area contributed by atoms with Crippen LogP contribution in [0.25, 0.3) is 0 Å². The van der Waals surface area contributed by atoms with Crippen LogP contribution in [0.15, 0.2) is 83.8 Å². The molecule has 0 aliphatic carbocycles. The molecule has 0 heterocycles. The molecule has 0 bridgehead atoms. The molecule has 1 atom stereocenters. The van der Waals surface area contributed by atoms with Gasteiger partial charge in [-0.1, -0.05) is 54.1 Å². The zero-order valence-electron chi connectivity index (χ0n) is 13.9. The van der Waals surface area contributed by atoms with Crippen LogP contribution in [0.4, 0.5) is 5.69 Å². The SMILES string of the molecule is O=[N+]([O-])c1ccc(S(=O)(=O)NC(c2ccccc2)c2ccc(Cl)cc2)cc1. The van der Waals surface area contributed by atoms with Crippen molar-refractivity contribution in [2.24, 2.45) is 0 Å². The van der Waals surface area contributed by atoms with E-state index in [0.717, 1.165) is 23.3 Å². The van der Waals surface area contributed by atoms with Crippen molar-refractivity contribution >= 4 is 27.3 Å². The number of benzene rings is 3. The Labute approximate surface area is 161 Å². The van der Waals surface area contributed by atoms with Gasteiger partial charge in [-0.05, 0) is 35.4 Å². The van der Waals surface area contributed by atoms with Gasteiger partial charge in [-0.25, -0.2) is 8.42 Å². The predicted octanol–water partition coefficient (Wildman–Crippen LogP) is 4.32. The lowest BCUT2D eigenvalue weighted by Gasteiger charge is -2.20. The minimum Gasteiger partial charge on any atom is -0.258 e. The molecule has 0 saturated carbocycles. The van der Waals surface area contributed by atoms with Gasteiger partial charge < -0.3 is 0 Å². The van der Waals surface area contributed by atoms with Gasteiger partial charge in [0.15, 0.2) is 0 Å². The van der Waals surface area contributed by atoms with Crippen molar-refractivity contribution in [3.63, 3.8) is 0 Å². The van der Waals surface area contributed by atoms with E-state index in [9.17, 15) is 18.5 Å². The van der Waals surface area contributed by atoms with E-state index in [0.29, 0.717) is 5.02 Å². The summed E-state index contributed by atoms with van der Waals surface area (Å²) in [5.74, 6) is 0. The molecule has 0 saturated heterocycles. The van der Waals surface area contributed by atoms with E-state index >= 15 is 0 Å². The van der Waals surface area contributed by atoms with Crippen molar-refractivity contribution < 1.29 is 13.3 Å². The Kier molecular flexibility index (Phi) is 5.55. The summed E-state index contributed by atoms with van der Waals surface area (Å²) in [6, 6.07) is 20.1. The molecular formula is C19H15ClN2O4S. The topological polar surface area (TPSA) is 89.3 Å². The average molecular weight is 403 g/mol. The summed E-state index contributed by atoms with van der Waals surface area (Å²) in [5.41, 5.74) is 1.30. The molecule has 0 fully saturated rings. The lowest BCUT2D eigenvalue weighted by Crippen LogP contribution is -2.29. The molecule has 0 aliphatic heterocycles. The van der Waals surface area contributed by atoms with Gasteiger partial charge in [0.2, 0.25) is 10.0 Å². The fraction of sp³-hybridized carbons (Fsp3) is 0.0526. The third-order valence-corrected chi connectivity index (χ3v) is 5.66. The number of nitro benzene ring substituents is 1. The Balaban J connectivity index is 1.98. The molecular weight excluding hydrogens is 388 g/mol. The second-order valence-electron chi connectivity index (χ2n) is 5.77. The third kappa shape index (κ3) is 4.51. The summed E-state index contributed by atoms with van der Waals surface area (Å²) in [6.07, 6.45) is 0. The monoisotopic (exact) mass is 402 g/mol. The summed E-state index contributed by atoms with van der Waals surface area (Å²) in [4.78, 5) is 10.1. The number of hydrogen-bond donors (Lipinski definition) is 1. The Morgan fingerprint density at radius 2 is 1.41 bits per heavy atom. The van der Waals surface area contributed by atoms with Crippen LogP contribution in [-0.2, 0) is 10.0 Å². The van der Waals surface area contributed by atoms with Crippen LogP contribution >= 0.6 is 11.6 Å². The highest BCUT2D eigenvalue weighted by Crippen LogP contribution is 2.26. The molecule has 0 spiro atoms. The maximum absolute atomic E-state index is 12.8. The highest BCUT2D eigenvalue weighted by molar-refractivity contribution is 7.89. The molecule has 0 aromatic heterocycles. The Morgan fingerprint density at radius 1 is 0.852 bits per heavy atom. The fourth-order valence-corrected chi connectivity index (χ4v) is 3.94. The van der Waals surface area contributed by atoms with Crippen LogP contribution in [0.5, 0.6) is 0 Å². The van der Waals surface area contributed by atoms with Gasteiger partial charge >= 0.3 is 0 Å². The first-order valence-corrected chi connectivity index (χ1v) is 9.80. The van der Waals surface area contributed by atoms with Crippen molar-refractivity contribution in [3.05, 3.63) is 105 Å². The van der Waals surface area contributed by atoms with Crippen LogP contribution < -0.4 is 4.72 Å². The van der Waals surface area contributed by atoms with Crippen molar-refractivity contribution in [1.29, 1.82) is 0 Å². The van der Waals surface area contributed by atoms with Crippen LogP contribution in [0.2, 0.25) is 5.02 Å². The second-order valence-corrected chi connectivity index (χ2v) is 7.92. The van der Waals surface area contributed by atoms with Gasteiger partial charge in [-0.2, -0.15) is 4.72 Å². The van der Waals surface area contributed by atoms with Crippen molar-refractivity contribution in [1.82, 2.24) is 4.72 Å². The Hall–Kier alpha value is -2.74. The summed E-state index contributed by atoms with van der Waals surface area (Å²) in [5, 5.41) is 11.3. The summed E-state index contributed by atoms with van der Waals surface area (Å²) < 4.78 is 28.3. The molecule has 3 rings (SSSR count). The molecule has 6 nitrogen and oxygen atoms in total. The molecule has 27 heavy (non-hydrogen) atoms. The van der Waals surface area contributed by atoms with Gasteiger partial charge in [-0.3, -0.25) is 10.1 Å². The number of nitrogens with zero attached hydrogens (tertiary/aromatic N) is 1. The zero-order chi connectivity index (χ0) is 19.4. The number of rotatable bonds is 6. The largest absolute Gasteiger partial charge is 0.269 e. The van der Waals surface area contributed by atoms with Gasteiger partial charge in [-0.15, -0.1) is 0 Å². The molecule has 138 valence electrons. The summed E-state index contributed by atoms with van der Waals surface area (Å²) in [6.45, 7) is 0. The molecule has 0 aliphatic rings. The standard InChI is InChI=1S/C19H15ClN2O4S/c20-16-8-6-15(7-9-16)19(14-4-2-1-3-5-14)21-27(25,26)18-12-10-17(11-13-18)22(23)24/h1-13,19,21H. The summed E-state index contributed by atoms with van der Waals surface area (Å²) in [7, 11) is -3.91. The molecule has 0 radical (unpaired) electrons. The van der Waals surface area contributed by atoms with E-state index < -0.39 is 21.0 Å². The number of sulfonamides is 1. The van der Waals surface area contributed by atoms with Crippen LogP contribution in [0, 0.1) is 10.1 Å². The smallest absolute Gasteiger partial charge is 0.258 e. The van der Waals surface area contributed by atoms with E-state index in [4.69, 9.17) is 11.6 Å². The number of nitro groups is 1. The van der Waals surface area contributed by atoms with Crippen molar-refractivity contribution in [2.75, 3.05) is 0 Å². The molecule has 1 unspecified atom stereocenters. The van der Waals surface area contributed by atoms with Crippen LogP contribution in [0.3, 0.4) is 0 Å². The van der Waals surface area contributed by atoms with Crippen LogP contribution in [0.1, 0.15) is 17.2 Å². The van der Waals surface area contributed by atoms with Crippen molar-refractivity contribution in [3.8, 4) is 0 Å². The molecule has 3 aromatic carbocycles. The van der Waals surface area contributed by atoms with Crippen molar-refractivity contribution in [2.45, 2.75) is 10.9 Å². The first kappa shape index (κ1) is 19.0. The number of halogens is 1. The molecule has 0 amide bonds. The van der Waals surface area contributed by atoms with Crippen LogP contribution in [-0.4, -0.2) is 13.3 Å². The van der Waals surface area contributed by atoms with Gasteiger partial charge in [0, 0.05) is 17.2 Å². The van der Waals surface area contributed by atoms with Gasteiger partial charge in [0.1, 0.15) is 0 Å². The fourth-order valence-electron chi connectivity index (χ4n) is 2.60. The number of nitrogens with one attached hydrogen (secondary N) is 1. The average Bonchev–Trinajstić information content (AvgIpc) is 2.68. The van der Waals surface area contributed by atoms with E-state index in [1.807, 2.05) is 30.3 Å². The maximum atomic E-state index is 12.8. The van der Waals surface area contributed by atoms with E-state index in [1.165, 1.54) is 12.1 Å². The number of non-ortho nitro benzene ring substituents is 1. The third-order valence-electron chi connectivity index (χ3n) is 3.97. The minimum absolute atomic E-state index is 0.0528. The minimum atomic E-state index is -3.91. The zero-order valence-corrected chi connectivity index (χ0v) is 15.5. The molecule has 3 aromatic rings. The van der Waals surface area contributed by atoms with E-state index in [2.05, 4.69) is 4.72 Å².